The molecule has 2 fully saturated rings. The van der Waals surface area contributed by atoms with Crippen LogP contribution in [0.4, 0.5) is 26.3 Å². The Balaban J connectivity index is 1.30. The van der Waals surface area contributed by atoms with Crippen LogP contribution in [0.25, 0.3) is 22.8 Å². The van der Waals surface area contributed by atoms with Gasteiger partial charge in [-0.15, -0.1) is 0 Å². The van der Waals surface area contributed by atoms with Gasteiger partial charge in [0.2, 0.25) is 11.8 Å². The topological polar surface area (TPSA) is 114 Å². The van der Waals surface area contributed by atoms with Crippen LogP contribution >= 0.6 is 0 Å². The molecule has 16 heteroatoms. The van der Waals surface area contributed by atoms with Crippen LogP contribution in [0.1, 0.15) is 65.1 Å². The van der Waals surface area contributed by atoms with Crippen LogP contribution in [0.5, 0.6) is 11.8 Å². The van der Waals surface area contributed by atoms with Crippen molar-refractivity contribution in [1.82, 2.24) is 29.5 Å². The van der Waals surface area contributed by atoms with Gasteiger partial charge in [0.1, 0.15) is 30.1 Å². The number of benzene rings is 1. The highest BCUT2D eigenvalue weighted by atomic mass is 19.4. The standard InChI is InChI=1S/C28H22F6N6O4/c1-42-26(41)18-9-20(39-23(37-18)21-22(14-3-4-14)35-12-36-25(21)44-27(30)31)43-11-13-2-7-16(17(29)8-13)24-38-19(28(32,33)34)10-40(24)15-5-6-15/h2,7-10,12,14-15,27H,3-6,11H2,1H3. The van der Waals surface area contributed by atoms with Crippen LogP contribution in [0, 0.1) is 5.82 Å². The highest BCUT2D eigenvalue weighted by molar-refractivity contribution is 5.88. The minimum absolute atomic E-state index is 0.0364. The number of ether oxygens (including phenoxy) is 3. The summed E-state index contributed by atoms with van der Waals surface area (Å²) >= 11 is 0. The smallest absolute Gasteiger partial charge is 0.434 e. The summed E-state index contributed by atoms with van der Waals surface area (Å²) in [5.41, 5.74) is -0.894. The molecule has 0 radical (unpaired) electrons. The SMILES string of the molecule is COC(=O)c1cc(OCc2ccc(-c3nc(C(F)(F)F)cn3C3CC3)c(F)c2)nc(-c2c(OC(F)F)ncnc2C2CC2)n1. The molecule has 44 heavy (non-hydrogen) atoms. The summed E-state index contributed by atoms with van der Waals surface area (Å²) in [7, 11) is 1.12. The first-order valence-corrected chi connectivity index (χ1v) is 13.4. The van der Waals surface area contributed by atoms with Gasteiger partial charge in [-0.05, 0) is 43.4 Å². The first kappa shape index (κ1) is 29.3. The van der Waals surface area contributed by atoms with Crippen LogP contribution in [0.2, 0.25) is 0 Å². The van der Waals surface area contributed by atoms with Crippen molar-refractivity contribution in [3.05, 3.63) is 65.3 Å². The molecule has 0 bridgehead atoms. The fourth-order valence-corrected chi connectivity index (χ4v) is 4.60. The molecule has 0 spiro atoms. The number of esters is 1. The summed E-state index contributed by atoms with van der Waals surface area (Å²) in [5, 5.41) is 0. The van der Waals surface area contributed by atoms with Crippen LogP contribution in [-0.4, -0.2) is 49.2 Å². The highest BCUT2D eigenvalue weighted by Gasteiger charge is 2.38. The molecule has 0 amide bonds. The molecular weight excluding hydrogens is 598 g/mol. The summed E-state index contributed by atoms with van der Waals surface area (Å²) < 4.78 is 98.0. The lowest BCUT2D eigenvalue weighted by Gasteiger charge is -2.14. The minimum atomic E-state index is -4.68. The summed E-state index contributed by atoms with van der Waals surface area (Å²) in [5.74, 6) is -2.81. The molecule has 0 atom stereocenters. The third-order valence-electron chi connectivity index (χ3n) is 6.95. The quantitative estimate of drug-likeness (QED) is 0.153. The lowest BCUT2D eigenvalue weighted by atomic mass is 10.1. The zero-order chi connectivity index (χ0) is 31.2. The summed E-state index contributed by atoms with van der Waals surface area (Å²) in [6.07, 6.45) is 0.0762. The number of alkyl halides is 5. The molecule has 230 valence electrons. The molecule has 0 saturated heterocycles. The average molecular weight is 621 g/mol. The number of hydrogen-bond donors (Lipinski definition) is 0. The zero-order valence-corrected chi connectivity index (χ0v) is 22.8. The third kappa shape index (κ3) is 6.14. The number of carbonyl (C=O) groups excluding carboxylic acids is 1. The van der Waals surface area contributed by atoms with Crippen molar-refractivity contribution in [3.63, 3.8) is 0 Å². The van der Waals surface area contributed by atoms with Crippen molar-refractivity contribution in [2.45, 2.75) is 57.0 Å². The highest BCUT2D eigenvalue weighted by Crippen LogP contribution is 2.45. The maximum absolute atomic E-state index is 15.2. The van der Waals surface area contributed by atoms with E-state index in [4.69, 9.17) is 9.47 Å². The Morgan fingerprint density at radius 2 is 1.84 bits per heavy atom. The first-order valence-electron chi connectivity index (χ1n) is 13.4. The molecule has 4 aromatic rings. The Morgan fingerprint density at radius 3 is 2.48 bits per heavy atom. The number of aromatic nitrogens is 6. The first-order chi connectivity index (χ1) is 21.0. The molecular formula is C28H22F6N6O4. The van der Waals surface area contributed by atoms with E-state index in [0.717, 1.165) is 44.6 Å². The number of methoxy groups -OCH3 is 1. The van der Waals surface area contributed by atoms with Gasteiger partial charge < -0.3 is 18.8 Å². The molecule has 6 rings (SSSR count). The predicted molar refractivity (Wildman–Crippen MR) is 138 cm³/mol. The number of hydrogen-bond acceptors (Lipinski definition) is 9. The monoisotopic (exact) mass is 620 g/mol. The Bertz CT molecular complexity index is 1720. The molecule has 3 aromatic heterocycles. The fourth-order valence-electron chi connectivity index (χ4n) is 4.60. The van der Waals surface area contributed by atoms with Gasteiger partial charge in [0.05, 0.1) is 18.4 Å². The number of nitrogens with zero attached hydrogens (tertiary/aromatic N) is 6. The molecule has 0 unspecified atom stereocenters. The second-order valence-electron chi connectivity index (χ2n) is 10.2. The second-order valence-corrected chi connectivity index (χ2v) is 10.2. The molecule has 3 heterocycles. The Labute approximate surface area is 245 Å². The number of halogens is 6. The molecule has 0 aliphatic heterocycles. The minimum Gasteiger partial charge on any atom is -0.473 e. The Kier molecular flexibility index (Phi) is 7.59. The maximum Gasteiger partial charge on any atom is 0.434 e. The van der Waals surface area contributed by atoms with Crippen molar-refractivity contribution in [3.8, 4) is 34.5 Å². The Morgan fingerprint density at radius 1 is 1.07 bits per heavy atom. The van der Waals surface area contributed by atoms with Gasteiger partial charge in [0.25, 0.3) is 0 Å². The number of rotatable bonds is 10. The maximum atomic E-state index is 15.2. The van der Waals surface area contributed by atoms with E-state index in [9.17, 15) is 26.7 Å². The van der Waals surface area contributed by atoms with Crippen molar-refractivity contribution in [2.75, 3.05) is 7.11 Å². The number of imidazole rings is 1. The van der Waals surface area contributed by atoms with Crippen molar-refractivity contribution >= 4 is 5.97 Å². The van der Waals surface area contributed by atoms with Crippen LogP contribution in [0.3, 0.4) is 0 Å². The van der Waals surface area contributed by atoms with E-state index >= 15 is 4.39 Å². The number of carbonyl (C=O) groups is 1. The zero-order valence-electron chi connectivity index (χ0n) is 22.8. The van der Waals surface area contributed by atoms with E-state index in [1.54, 1.807) is 0 Å². The summed E-state index contributed by atoms with van der Waals surface area (Å²) in [6.45, 7) is -3.50. The molecule has 0 N–H and O–H groups in total. The molecule has 2 saturated carbocycles. The normalized spacial score (nSPS) is 15.0. The molecule has 1 aromatic carbocycles. The van der Waals surface area contributed by atoms with Gasteiger partial charge in [-0.25, -0.2) is 29.1 Å². The van der Waals surface area contributed by atoms with Crippen molar-refractivity contribution in [1.29, 1.82) is 0 Å². The van der Waals surface area contributed by atoms with Gasteiger partial charge in [-0.2, -0.15) is 26.9 Å². The van der Waals surface area contributed by atoms with E-state index in [2.05, 4.69) is 29.7 Å². The van der Waals surface area contributed by atoms with Crippen LogP contribution in [0.15, 0.2) is 36.8 Å². The lowest BCUT2D eigenvalue weighted by molar-refractivity contribution is -0.140. The van der Waals surface area contributed by atoms with Crippen molar-refractivity contribution < 1.29 is 45.3 Å². The van der Waals surface area contributed by atoms with E-state index in [-0.39, 0.29) is 58.5 Å². The van der Waals surface area contributed by atoms with Crippen LogP contribution in [-0.2, 0) is 17.5 Å². The van der Waals surface area contributed by atoms with Gasteiger partial charge in [0, 0.05) is 24.2 Å². The van der Waals surface area contributed by atoms with E-state index in [0.29, 0.717) is 18.5 Å². The van der Waals surface area contributed by atoms with Gasteiger partial charge in [0.15, 0.2) is 17.2 Å². The van der Waals surface area contributed by atoms with Gasteiger partial charge in [-0.1, -0.05) is 6.07 Å². The second kappa shape index (κ2) is 11.4. The third-order valence-corrected chi connectivity index (χ3v) is 6.95. The van der Waals surface area contributed by atoms with E-state index in [1.165, 1.54) is 16.7 Å². The average Bonchev–Trinajstić information content (AvgIpc) is 3.93. The van der Waals surface area contributed by atoms with Crippen molar-refractivity contribution in [2.24, 2.45) is 0 Å². The largest absolute Gasteiger partial charge is 0.473 e. The lowest BCUT2D eigenvalue weighted by Crippen LogP contribution is -2.12. The fraction of sp³-hybridized carbons (Fsp3) is 0.357. The summed E-state index contributed by atoms with van der Waals surface area (Å²) in [6, 6.07) is 4.81. The predicted octanol–water partition coefficient (Wildman–Crippen LogP) is 6.13. The van der Waals surface area contributed by atoms with Gasteiger partial charge >= 0.3 is 18.8 Å². The molecule has 2 aliphatic rings. The van der Waals surface area contributed by atoms with Gasteiger partial charge in [-0.3, -0.25) is 0 Å². The molecule has 2 aliphatic carbocycles. The molecule has 10 nitrogen and oxygen atoms in total. The summed E-state index contributed by atoms with van der Waals surface area (Å²) in [4.78, 5) is 32.5. The van der Waals surface area contributed by atoms with E-state index in [1.807, 2.05) is 0 Å². The van der Waals surface area contributed by atoms with E-state index < -0.39 is 36.1 Å². The Hall–Kier alpha value is -4.76. The van der Waals surface area contributed by atoms with Crippen LogP contribution < -0.4 is 9.47 Å².